The Morgan fingerprint density at radius 1 is 1.18 bits per heavy atom. The summed E-state index contributed by atoms with van der Waals surface area (Å²) in [7, 11) is 0. The SMILES string of the molecule is C[C@H]1CCN[C@@H](c2ccc(C(F)(F)F)cc2)C1. The quantitative estimate of drug-likeness (QED) is 0.791. The fourth-order valence-electron chi connectivity index (χ4n) is 2.27. The molecule has 1 fully saturated rings. The van der Waals surface area contributed by atoms with Crippen molar-refractivity contribution in [2.24, 2.45) is 5.92 Å². The Labute approximate surface area is 99.0 Å². The molecule has 0 bridgehead atoms. The normalized spacial score (nSPS) is 25.9. The van der Waals surface area contributed by atoms with Crippen LogP contribution in [0.4, 0.5) is 13.2 Å². The van der Waals surface area contributed by atoms with Crippen LogP contribution in [-0.4, -0.2) is 6.54 Å². The molecule has 0 spiro atoms. The number of piperidine rings is 1. The van der Waals surface area contributed by atoms with Crippen molar-refractivity contribution in [3.05, 3.63) is 35.4 Å². The molecule has 1 saturated heterocycles. The lowest BCUT2D eigenvalue weighted by molar-refractivity contribution is -0.137. The van der Waals surface area contributed by atoms with Crippen molar-refractivity contribution in [1.29, 1.82) is 0 Å². The second-order valence-electron chi connectivity index (χ2n) is 4.76. The third-order valence-electron chi connectivity index (χ3n) is 3.31. The molecule has 0 unspecified atom stereocenters. The number of hydrogen-bond donors (Lipinski definition) is 1. The second-order valence-corrected chi connectivity index (χ2v) is 4.76. The predicted molar refractivity (Wildman–Crippen MR) is 60.6 cm³/mol. The summed E-state index contributed by atoms with van der Waals surface area (Å²) in [5.41, 5.74) is 0.370. The van der Waals surface area contributed by atoms with E-state index in [2.05, 4.69) is 12.2 Å². The maximum Gasteiger partial charge on any atom is 0.416 e. The lowest BCUT2D eigenvalue weighted by Crippen LogP contribution is -2.30. The highest BCUT2D eigenvalue weighted by molar-refractivity contribution is 5.27. The van der Waals surface area contributed by atoms with Gasteiger partial charge in [-0.3, -0.25) is 0 Å². The predicted octanol–water partition coefficient (Wildman–Crippen LogP) is 3.77. The molecular formula is C13H16F3N. The van der Waals surface area contributed by atoms with Gasteiger partial charge in [-0.05, 0) is 43.0 Å². The Hall–Kier alpha value is -1.03. The van der Waals surface area contributed by atoms with E-state index in [1.807, 2.05) is 0 Å². The molecule has 1 nitrogen and oxygen atoms in total. The zero-order valence-corrected chi connectivity index (χ0v) is 9.72. The second kappa shape index (κ2) is 4.69. The average molecular weight is 243 g/mol. The first-order valence-electron chi connectivity index (χ1n) is 5.87. The van der Waals surface area contributed by atoms with Gasteiger partial charge in [0, 0.05) is 6.04 Å². The van der Waals surface area contributed by atoms with E-state index in [9.17, 15) is 13.2 Å². The molecule has 94 valence electrons. The molecule has 0 amide bonds. The Kier molecular flexibility index (Phi) is 3.43. The molecule has 1 aliphatic rings. The summed E-state index contributed by atoms with van der Waals surface area (Å²) in [4.78, 5) is 0. The molecule has 1 heterocycles. The fraction of sp³-hybridized carbons (Fsp3) is 0.538. The molecule has 1 N–H and O–H groups in total. The Morgan fingerprint density at radius 3 is 2.35 bits per heavy atom. The number of benzene rings is 1. The zero-order chi connectivity index (χ0) is 12.5. The van der Waals surface area contributed by atoms with Crippen LogP contribution in [-0.2, 0) is 6.18 Å². The van der Waals surface area contributed by atoms with Gasteiger partial charge in [-0.25, -0.2) is 0 Å². The molecule has 0 radical (unpaired) electrons. The van der Waals surface area contributed by atoms with E-state index in [0.717, 1.165) is 37.1 Å². The highest BCUT2D eigenvalue weighted by atomic mass is 19.4. The highest BCUT2D eigenvalue weighted by Gasteiger charge is 2.30. The van der Waals surface area contributed by atoms with Crippen LogP contribution in [0.2, 0.25) is 0 Å². The molecule has 1 aliphatic heterocycles. The third-order valence-corrected chi connectivity index (χ3v) is 3.31. The molecule has 1 aromatic rings. The van der Waals surface area contributed by atoms with E-state index >= 15 is 0 Å². The maximum absolute atomic E-state index is 12.4. The number of alkyl halides is 3. The van der Waals surface area contributed by atoms with Crippen LogP contribution in [0.25, 0.3) is 0 Å². The summed E-state index contributed by atoms with van der Waals surface area (Å²) in [5.74, 6) is 0.628. The largest absolute Gasteiger partial charge is 0.416 e. The molecule has 1 aromatic carbocycles. The van der Waals surface area contributed by atoms with Gasteiger partial charge in [-0.2, -0.15) is 13.2 Å². The fourth-order valence-corrected chi connectivity index (χ4v) is 2.27. The summed E-state index contributed by atoms with van der Waals surface area (Å²) < 4.78 is 37.2. The van der Waals surface area contributed by atoms with E-state index in [-0.39, 0.29) is 6.04 Å². The van der Waals surface area contributed by atoms with Crippen LogP contribution in [0.1, 0.15) is 36.9 Å². The van der Waals surface area contributed by atoms with Crippen molar-refractivity contribution in [2.75, 3.05) is 6.54 Å². The van der Waals surface area contributed by atoms with Crippen LogP contribution < -0.4 is 5.32 Å². The Morgan fingerprint density at radius 2 is 1.82 bits per heavy atom. The van der Waals surface area contributed by atoms with Crippen molar-refractivity contribution in [1.82, 2.24) is 5.32 Å². The summed E-state index contributed by atoms with van der Waals surface area (Å²) >= 11 is 0. The van der Waals surface area contributed by atoms with Gasteiger partial charge in [-0.15, -0.1) is 0 Å². The first kappa shape index (κ1) is 12.4. The van der Waals surface area contributed by atoms with Gasteiger partial charge in [0.05, 0.1) is 5.56 Å². The zero-order valence-electron chi connectivity index (χ0n) is 9.72. The molecule has 2 atom stereocenters. The highest BCUT2D eigenvalue weighted by Crippen LogP contribution is 2.32. The van der Waals surface area contributed by atoms with Crippen molar-refractivity contribution >= 4 is 0 Å². The van der Waals surface area contributed by atoms with Crippen LogP contribution in [0.15, 0.2) is 24.3 Å². The lowest BCUT2D eigenvalue weighted by Gasteiger charge is -2.28. The summed E-state index contributed by atoms with van der Waals surface area (Å²) in [5, 5.41) is 3.34. The molecule has 0 saturated carbocycles. The maximum atomic E-state index is 12.4. The molecule has 2 rings (SSSR count). The Bertz CT molecular complexity index is 369. The van der Waals surface area contributed by atoms with E-state index in [0.29, 0.717) is 5.92 Å². The minimum atomic E-state index is -4.24. The third kappa shape index (κ3) is 3.00. The van der Waals surface area contributed by atoms with Gasteiger partial charge in [0.2, 0.25) is 0 Å². The van der Waals surface area contributed by atoms with Crippen molar-refractivity contribution in [3.63, 3.8) is 0 Å². The Balaban J connectivity index is 2.12. The van der Waals surface area contributed by atoms with Gasteiger partial charge in [0.25, 0.3) is 0 Å². The van der Waals surface area contributed by atoms with Gasteiger partial charge in [0.15, 0.2) is 0 Å². The van der Waals surface area contributed by atoms with Gasteiger partial charge in [-0.1, -0.05) is 19.1 Å². The monoisotopic (exact) mass is 243 g/mol. The summed E-state index contributed by atoms with van der Waals surface area (Å²) in [6, 6.07) is 5.69. The van der Waals surface area contributed by atoms with Crippen LogP contribution in [0, 0.1) is 5.92 Å². The number of halogens is 3. The van der Waals surface area contributed by atoms with E-state index in [1.54, 1.807) is 12.1 Å². The van der Waals surface area contributed by atoms with Gasteiger partial charge < -0.3 is 5.32 Å². The molecule has 4 heteroatoms. The number of hydrogen-bond acceptors (Lipinski definition) is 1. The molecule has 0 aromatic heterocycles. The first-order chi connectivity index (χ1) is 7.97. The molecule has 0 aliphatic carbocycles. The van der Waals surface area contributed by atoms with Gasteiger partial charge in [0.1, 0.15) is 0 Å². The molecular weight excluding hydrogens is 227 g/mol. The number of rotatable bonds is 1. The first-order valence-corrected chi connectivity index (χ1v) is 5.87. The van der Waals surface area contributed by atoms with Gasteiger partial charge >= 0.3 is 6.18 Å². The van der Waals surface area contributed by atoms with Crippen LogP contribution in [0.5, 0.6) is 0 Å². The van der Waals surface area contributed by atoms with Crippen LogP contribution in [0.3, 0.4) is 0 Å². The minimum Gasteiger partial charge on any atom is -0.310 e. The number of nitrogens with one attached hydrogen (secondary N) is 1. The molecule has 17 heavy (non-hydrogen) atoms. The van der Waals surface area contributed by atoms with Crippen molar-refractivity contribution < 1.29 is 13.2 Å². The topological polar surface area (TPSA) is 12.0 Å². The average Bonchev–Trinajstić information content (AvgIpc) is 2.28. The van der Waals surface area contributed by atoms with E-state index < -0.39 is 11.7 Å². The van der Waals surface area contributed by atoms with Crippen LogP contribution >= 0.6 is 0 Å². The lowest BCUT2D eigenvalue weighted by atomic mass is 9.90. The van der Waals surface area contributed by atoms with E-state index in [1.165, 1.54) is 0 Å². The standard InChI is InChI=1S/C13H16F3N/c1-9-6-7-17-12(8-9)10-2-4-11(5-3-10)13(14,15)16/h2-5,9,12,17H,6-8H2,1H3/t9-,12+/m0/s1. The summed E-state index contributed by atoms with van der Waals surface area (Å²) in [6.07, 6.45) is -2.12. The van der Waals surface area contributed by atoms with E-state index in [4.69, 9.17) is 0 Å². The minimum absolute atomic E-state index is 0.195. The smallest absolute Gasteiger partial charge is 0.310 e. The van der Waals surface area contributed by atoms with Crippen molar-refractivity contribution in [2.45, 2.75) is 32.0 Å². The van der Waals surface area contributed by atoms with Crippen molar-refractivity contribution in [3.8, 4) is 0 Å². The summed E-state index contributed by atoms with van der Waals surface area (Å²) in [6.45, 7) is 3.12.